The van der Waals surface area contributed by atoms with Gasteiger partial charge in [0.05, 0.1) is 18.9 Å². The van der Waals surface area contributed by atoms with Crippen LogP contribution in [0.25, 0.3) is 0 Å². The molecule has 0 saturated carbocycles. The fourth-order valence-electron chi connectivity index (χ4n) is 3.70. The topological polar surface area (TPSA) is 48.9 Å². The Hall–Kier alpha value is -1.96. The molecule has 28 heavy (non-hydrogen) atoms. The van der Waals surface area contributed by atoms with E-state index in [1.54, 1.807) is 11.3 Å². The van der Waals surface area contributed by atoms with Gasteiger partial charge in [0, 0.05) is 57.6 Å². The van der Waals surface area contributed by atoms with Crippen LogP contribution in [0.15, 0.2) is 35.7 Å². The third-order valence-electron chi connectivity index (χ3n) is 5.40. The first kappa shape index (κ1) is 19.4. The van der Waals surface area contributed by atoms with Crippen molar-refractivity contribution in [3.63, 3.8) is 0 Å². The van der Waals surface area contributed by atoms with E-state index in [1.165, 1.54) is 5.56 Å². The summed E-state index contributed by atoms with van der Waals surface area (Å²) in [4.78, 5) is 24.1. The van der Waals surface area contributed by atoms with Gasteiger partial charge >= 0.3 is 0 Å². The first-order chi connectivity index (χ1) is 13.8. The molecule has 0 unspecified atom stereocenters. The second-order valence-corrected chi connectivity index (χ2v) is 8.20. The number of carbonyl (C=O) groups is 1. The van der Waals surface area contributed by atoms with Crippen molar-refractivity contribution < 1.29 is 9.53 Å². The predicted octanol–water partition coefficient (Wildman–Crippen LogP) is 2.26. The van der Waals surface area contributed by atoms with Gasteiger partial charge in [0.25, 0.3) is 0 Å². The number of anilines is 1. The number of ether oxygens (including phenoxy) is 1. The van der Waals surface area contributed by atoms with E-state index in [4.69, 9.17) is 9.72 Å². The minimum Gasteiger partial charge on any atom is -0.379 e. The van der Waals surface area contributed by atoms with Gasteiger partial charge < -0.3 is 14.5 Å². The molecule has 2 aliphatic heterocycles. The molecule has 7 heteroatoms. The van der Waals surface area contributed by atoms with Crippen molar-refractivity contribution in [2.45, 2.75) is 19.4 Å². The Labute approximate surface area is 170 Å². The van der Waals surface area contributed by atoms with Gasteiger partial charge in [-0.25, -0.2) is 4.98 Å². The summed E-state index contributed by atoms with van der Waals surface area (Å²) < 4.78 is 5.41. The summed E-state index contributed by atoms with van der Waals surface area (Å²) in [6.07, 6.45) is 1.40. The van der Waals surface area contributed by atoms with E-state index in [0.717, 1.165) is 76.3 Å². The van der Waals surface area contributed by atoms with Crippen molar-refractivity contribution in [2.75, 3.05) is 57.4 Å². The van der Waals surface area contributed by atoms with Crippen molar-refractivity contribution in [1.82, 2.24) is 14.8 Å². The molecule has 6 nitrogen and oxygen atoms in total. The predicted molar refractivity (Wildman–Crippen MR) is 112 cm³/mol. The number of carbonyl (C=O) groups excluding carboxylic acids is 1. The van der Waals surface area contributed by atoms with Crippen molar-refractivity contribution in [1.29, 1.82) is 0 Å². The first-order valence-corrected chi connectivity index (χ1v) is 11.0. The second kappa shape index (κ2) is 9.49. The number of morpholine rings is 1. The monoisotopic (exact) mass is 400 g/mol. The molecule has 1 aromatic heterocycles. The van der Waals surface area contributed by atoms with Crippen LogP contribution >= 0.6 is 11.3 Å². The maximum absolute atomic E-state index is 12.5. The molecular formula is C21H28N4O2S. The van der Waals surface area contributed by atoms with E-state index < -0.39 is 0 Å². The van der Waals surface area contributed by atoms with E-state index in [0.29, 0.717) is 6.42 Å². The lowest BCUT2D eigenvalue weighted by molar-refractivity contribution is -0.131. The second-order valence-electron chi connectivity index (χ2n) is 7.36. The maximum atomic E-state index is 12.5. The van der Waals surface area contributed by atoms with Crippen LogP contribution in [-0.2, 0) is 22.5 Å². The molecule has 2 aromatic rings. The Morgan fingerprint density at radius 3 is 2.54 bits per heavy atom. The van der Waals surface area contributed by atoms with Gasteiger partial charge in [0.15, 0.2) is 5.13 Å². The van der Waals surface area contributed by atoms with Crippen LogP contribution in [-0.4, -0.2) is 73.2 Å². The molecule has 2 saturated heterocycles. The fraction of sp³-hybridized carbons (Fsp3) is 0.524. The minimum atomic E-state index is 0.260. The van der Waals surface area contributed by atoms with Gasteiger partial charge in [-0.3, -0.25) is 9.69 Å². The highest BCUT2D eigenvalue weighted by Gasteiger charge is 2.23. The largest absolute Gasteiger partial charge is 0.379 e. The van der Waals surface area contributed by atoms with Crippen LogP contribution < -0.4 is 4.90 Å². The van der Waals surface area contributed by atoms with Crippen molar-refractivity contribution >= 4 is 22.4 Å². The highest BCUT2D eigenvalue weighted by molar-refractivity contribution is 7.13. The zero-order valence-corrected chi connectivity index (χ0v) is 17.1. The summed E-state index contributed by atoms with van der Waals surface area (Å²) in [5, 5.41) is 3.25. The smallest absolute Gasteiger partial charge is 0.223 e. The zero-order valence-electron chi connectivity index (χ0n) is 16.3. The fourth-order valence-corrected chi connectivity index (χ4v) is 4.57. The first-order valence-electron chi connectivity index (χ1n) is 10.1. The van der Waals surface area contributed by atoms with Gasteiger partial charge in [0.1, 0.15) is 0 Å². The maximum Gasteiger partial charge on any atom is 0.223 e. The average molecular weight is 401 g/mol. The number of thiazole rings is 1. The van der Waals surface area contributed by atoms with Gasteiger partial charge in [0.2, 0.25) is 5.91 Å². The van der Waals surface area contributed by atoms with Crippen molar-refractivity contribution in [3.05, 3.63) is 47.0 Å². The molecule has 1 aromatic carbocycles. The summed E-state index contributed by atoms with van der Waals surface area (Å²) >= 11 is 1.72. The normalized spacial score (nSPS) is 18.4. The number of rotatable bonds is 6. The number of hydrogen-bond donors (Lipinski definition) is 0. The molecule has 0 atom stereocenters. The number of aromatic nitrogens is 1. The lowest BCUT2D eigenvalue weighted by atomic mass is 10.1. The summed E-state index contributed by atoms with van der Waals surface area (Å²) in [6.45, 7) is 7.79. The van der Waals surface area contributed by atoms with E-state index >= 15 is 0 Å². The standard InChI is InChI=1S/C21H28N4O2S/c26-20(7-6-18-4-2-1-3-5-18)24-8-10-25(11-9-24)21-22-19(17-28-21)16-23-12-14-27-15-13-23/h1-5,17H,6-16H2. The number of piperazine rings is 1. The Kier molecular flexibility index (Phi) is 6.57. The Morgan fingerprint density at radius 2 is 1.79 bits per heavy atom. The van der Waals surface area contributed by atoms with Crippen LogP contribution in [0.4, 0.5) is 5.13 Å². The molecule has 0 N–H and O–H groups in total. The Bertz CT molecular complexity index is 753. The number of hydrogen-bond acceptors (Lipinski definition) is 6. The third kappa shape index (κ3) is 5.10. The SMILES string of the molecule is O=C(CCc1ccccc1)N1CCN(c2nc(CN3CCOCC3)cs2)CC1. The van der Waals surface area contributed by atoms with E-state index in [2.05, 4.69) is 27.3 Å². The molecule has 0 radical (unpaired) electrons. The summed E-state index contributed by atoms with van der Waals surface area (Å²) in [5.41, 5.74) is 2.37. The summed E-state index contributed by atoms with van der Waals surface area (Å²) in [5.74, 6) is 0.260. The van der Waals surface area contributed by atoms with Gasteiger partial charge in [-0.15, -0.1) is 11.3 Å². The quantitative estimate of drug-likeness (QED) is 0.744. The average Bonchev–Trinajstić information content (AvgIpc) is 3.22. The molecule has 2 fully saturated rings. The lowest BCUT2D eigenvalue weighted by Crippen LogP contribution is -2.48. The molecule has 0 aliphatic carbocycles. The number of benzene rings is 1. The van der Waals surface area contributed by atoms with Gasteiger partial charge in [-0.05, 0) is 12.0 Å². The molecule has 0 spiro atoms. The minimum absolute atomic E-state index is 0.260. The van der Waals surface area contributed by atoms with Crippen LogP contribution in [0.1, 0.15) is 17.7 Å². The zero-order chi connectivity index (χ0) is 19.2. The Morgan fingerprint density at radius 1 is 1.04 bits per heavy atom. The summed E-state index contributed by atoms with van der Waals surface area (Å²) in [6, 6.07) is 10.2. The van der Waals surface area contributed by atoms with E-state index in [-0.39, 0.29) is 5.91 Å². The van der Waals surface area contributed by atoms with Crippen LogP contribution in [0, 0.1) is 0 Å². The molecule has 3 heterocycles. The molecule has 0 bridgehead atoms. The van der Waals surface area contributed by atoms with Crippen molar-refractivity contribution in [2.24, 2.45) is 0 Å². The van der Waals surface area contributed by atoms with Crippen LogP contribution in [0.5, 0.6) is 0 Å². The highest BCUT2D eigenvalue weighted by Crippen LogP contribution is 2.23. The number of nitrogens with zero attached hydrogens (tertiary/aromatic N) is 4. The van der Waals surface area contributed by atoms with Gasteiger partial charge in [-0.2, -0.15) is 0 Å². The number of amides is 1. The summed E-state index contributed by atoms with van der Waals surface area (Å²) in [7, 11) is 0. The van der Waals surface area contributed by atoms with Gasteiger partial charge in [-0.1, -0.05) is 30.3 Å². The third-order valence-corrected chi connectivity index (χ3v) is 6.35. The molecule has 150 valence electrons. The lowest BCUT2D eigenvalue weighted by Gasteiger charge is -2.34. The molecule has 2 aliphatic rings. The molecular weight excluding hydrogens is 372 g/mol. The highest BCUT2D eigenvalue weighted by atomic mass is 32.1. The van der Waals surface area contributed by atoms with Crippen molar-refractivity contribution in [3.8, 4) is 0 Å². The molecule has 4 rings (SSSR count). The van der Waals surface area contributed by atoms with Crippen LogP contribution in [0.2, 0.25) is 0 Å². The van der Waals surface area contributed by atoms with E-state index in [1.807, 2.05) is 23.1 Å². The number of aryl methyl sites for hydroxylation is 1. The Balaban J connectivity index is 1.23. The van der Waals surface area contributed by atoms with Crippen LogP contribution in [0.3, 0.4) is 0 Å². The van der Waals surface area contributed by atoms with E-state index in [9.17, 15) is 4.79 Å². The molecule has 1 amide bonds.